The normalized spacial score (nSPS) is 21.2. The zero-order valence-corrected chi connectivity index (χ0v) is 12.6. The number of para-hydroxylation sites is 1. The van der Waals surface area contributed by atoms with Gasteiger partial charge in [0.15, 0.2) is 0 Å². The van der Waals surface area contributed by atoms with Crippen LogP contribution in [0.1, 0.15) is 19.4 Å². The summed E-state index contributed by atoms with van der Waals surface area (Å²) >= 11 is 0. The standard InChI is InChI=1S/C16H25N3O/c1-4-19(3)10-9-17-16(20)14-11-13-7-5-6-8-15(13)18-12(14)2/h5-8,12,14,18H,4,9-11H2,1-3H3,(H,17,20). The van der Waals surface area contributed by atoms with Gasteiger partial charge < -0.3 is 15.5 Å². The second kappa shape index (κ2) is 6.75. The number of nitrogens with one attached hydrogen (secondary N) is 2. The Kier molecular flexibility index (Phi) is 5.01. The molecule has 2 atom stereocenters. The highest BCUT2D eigenvalue weighted by Crippen LogP contribution is 2.28. The number of hydrogen-bond donors (Lipinski definition) is 2. The summed E-state index contributed by atoms with van der Waals surface area (Å²) in [6, 6.07) is 8.41. The topological polar surface area (TPSA) is 44.4 Å². The fourth-order valence-corrected chi connectivity index (χ4v) is 2.58. The van der Waals surface area contributed by atoms with Crippen molar-refractivity contribution in [2.24, 2.45) is 5.92 Å². The van der Waals surface area contributed by atoms with Crippen LogP contribution < -0.4 is 10.6 Å². The zero-order valence-electron chi connectivity index (χ0n) is 12.6. The Labute approximate surface area is 121 Å². The Hall–Kier alpha value is -1.55. The van der Waals surface area contributed by atoms with E-state index in [-0.39, 0.29) is 17.9 Å². The Morgan fingerprint density at radius 1 is 1.45 bits per heavy atom. The van der Waals surface area contributed by atoms with Crippen molar-refractivity contribution < 1.29 is 4.79 Å². The SMILES string of the molecule is CCN(C)CCNC(=O)C1Cc2ccccc2NC1C. The number of likely N-dealkylation sites (N-methyl/N-ethyl adjacent to an activating group) is 1. The van der Waals surface area contributed by atoms with Crippen LogP contribution in [0.5, 0.6) is 0 Å². The van der Waals surface area contributed by atoms with Gasteiger partial charge in [-0.15, -0.1) is 0 Å². The summed E-state index contributed by atoms with van der Waals surface area (Å²) in [7, 11) is 2.06. The average Bonchev–Trinajstić information content (AvgIpc) is 2.46. The van der Waals surface area contributed by atoms with Crippen molar-refractivity contribution in [3.8, 4) is 0 Å². The minimum absolute atomic E-state index is 0.0110. The second-order valence-corrected chi connectivity index (χ2v) is 5.59. The second-order valence-electron chi connectivity index (χ2n) is 5.59. The molecule has 0 fully saturated rings. The lowest BCUT2D eigenvalue weighted by Gasteiger charge is -2.31. The van der Waals surface area contributed by atoms with Gasteiger partial charge in [-0.3, -0.25) is 4.79 Å². The molecule has 0 bridgehead atoms. The third-order valence-electron chi connectivity index (χ3n) is 4.11. The molecule has 4 heteroatoms. The lowest BCUT2D eigenvalue weighted by atomic mass is 9.87. The van der Waals surface area contributed by atoms with E-state index in [1.54, 1.807) is 0 Å². The summed E-state index contributed by atoms with van der Waals surface area (Å²) < 4.78 is 0. The lowest BCUT2D eigenvalue weighted by Crippen LogP contribution is -2.45. The van der Waals surface area contributed by atoms with Crippen molar-refractivity contribution in [3.05, 3.63) is 29.8 Å². The van der Waals surface area contributed by atoms with Gasteiger partial charge in [0.1, 0.15) is 0 Å². The van der Waals surface area contributed by atoms with Crippen LogP contribution in [0, 0.1) is 5.92 Å². The van der Waals surface area contributed by atoms with Crippen LogP contribution in [0.25, 0.3) is 0 Å². The smallest absolute Gasteiger partial charge is 0.225 e. The first-order valence-electron chi connectivity index (χ1n) is 7.42. The fraction of sp³-hybridized carbons (Fsp3) is 0.562. The van der Waals surface area contributed by atoms with Crippen molar-refractivity contribution in [1.29, 1.82) is 0 Å². The molecule has 1 aromatic carbocycles. The molecule has 0 aromatic heterocycles. The lowest BCUT2D eigenvalue weighted by molar-refractivity contribution is -0.125. The van der Waals surface area contributed by atoms with Crippen molar-refractivity contribution in [1.82, 2.24) is 10.2 Å². The van der Waals surface area contributed by atoms with Gasteiger partial charge in [0.05, 0.1) is 5.92 Å². The van der Waals surface area contributed by atoms with Crippen LogP contribution in [0.3, 0.4) is 0 Å². The molecule has 2 rings (SSSR count). The predicted molar refractivity (Wildman–Crippen MR) is 82.9 cm³/mol. The minimum Gasteiger partial charge on any atom is -0.382 e. The maximum absolute atomic E-state index is 12.3. The Morgan fingerprint density at radius 3 is 2.95 bits per heavy atom. The van der Waals surface area contributed by atoms with E-state index in [4.69, 9.17) is 0 Å². The first kappa shape index (κ1) is 14.9. The van der Waals surface area contributed by atoms with Crippen LogP contribution in [0.4, 0.5) is 5.69 Å². The van der Waals surface area contributed by atoms with Gasteiger partial charge in [0.2, 0.25) is 5.91 Å². The summed E-state index contributed by atoms with van der Waals surface area (Å²) in [6.07, 6.45) is 0.819. The number of carbonyl (C=O) groups is 1. The third-order valence-corrected chi connectivity index (χ3v) is 4.11. The highest BCUT2D eigenvalue weighted by molar-refractivity contribution is 5.81. The van der Waals surface area contributed by atoms with Gasteiger partial charge in [0.25, 0.3) is 0 Å². The van der Waals surface area contributed by atoms with E-state index in [2.05, 4.69) is 48.6 Å². The van der Waals surface area contributed by atoms with Crippen molar-refractivity contribution in [2.75, 3.05) is 32.0 Å². The van der Waals surface area contributed by atoms with Gasteiger partial charge in [-0.05, 0) is 38.6 Å². The average molecular weight is 275 g/mol. The van der Waals surface area contributed by atoms with Crippen molar-refractivity contribution in [3.63, 3.8) is 0 Å². The molecular formula is C16H25N3O. The first-order chi connectivity index (χ1) is 9.61. The molecule has 2 N–H and O–H groups in total. The van der Waals surface area contributed by atoms with E-state index in [9.17, 15) is 4.79 Å². The quantitative estimate of drug-likeness (QED) is 0.860. The monoisotopic (exact) mass is 275 g/mol. The Balaban J connectivity index is 1.91. The zero-order chi connectivity index (χ0) is 14.5. The molecule has 0 radical (unpaired) electrons. The molecule has 110 valence electrons. The Bertz CT molecular complexity index is 461. The number of rotatable bonds is 5. The van der Waals surface area contributed by atoms with E-state index >= 15 is 0 Å². The highest BCUT2D eigenvalue weighted by Gasteiger charge is 2.29. The molecule has 1 aromatic rings. The van der Waals surface area contributed by atoms with Crippen LogP contribution in [0.15, 0.2) is 24.3 Å². The Morgan fingerprint density at radius 2 is 2.20 bits per heavy atom. The minimum atomic E-state index is 0.0110. The van der Waals surface area contributed by atoms with Crippen molar-refractivity contribution in [2.45, 2.75) is 26.3 Å². The molecule has 1 aliphatic heterocycles. The molecule has 1 amide bonds. The molecule has 20 heavy (non-hydrogen) atoms. The molecule has 2 unspecified atom stereocenters. The summed E-state index contributed by atoms with van der Waals surface area (Å²) in [5, 5.41) is 6.49. The summed E-state index contributed by atoms with van der Waals surface area (Å²) in [4.78, 5) is 14.5. The number of hydrogen-bond acceptors (Lipinski definition) is 3. The third kappa shape index (κ3) is 3.51. The van der Waals surface area contributed by atoms with Gasteiger partial charge in [-0.2, -0.15) is 0 Å². The number of amides is 1. The van der Waals surface area contributed by atoms with Gasteiger partial charge in [0, 0.05) is 24.8 Å². The summed E-state index contributed by atoms with van der Waals surface area (Å²) in [5.74, 6) is 0.167. The van der Waals surface area contributed by atoms with Gasteiger partial charge in [-0.1, -0.05) is 25.1 Å². The number of nitrogens with zero attached hydrogens (tertiary/aromatic N) is 1. The first-order valence-corrected chi connectivity index (χ1v) is 7.42. The fourth-order valence-electron chi connectivity index (χ4n) is 2.58. The molecule has 0 saturated carbocycles. The molecule has 4 nitrogen and oxygen atoms in total. The van der Waals surface area contributed by atoms with Gasteiger partial charge >= 0.3 is 0 Å². The number of anilines is 1. The number of benzene rings is 1. The molecule has 1 heterocycles. The van der Waals surface area contributed by atoms with Crippen molar-refractivity contribution >= 4 is 11.6 Å². The van der Waals surface area contributed by atoms with E-state index in [0.717, 1.165) is 25.2 Å². The number of fused-ring (bicyclic) bond motifs is 1. The van der Waals surface area contributed by atoms with E-state index in [0.29, 0.717) is 6.54 Å². The maximum Gasteiger partial charge on any atom is 0.225 e. The maximum atomic E-state index is 12.3. The van der Waals surface area contributed by atoms with Crippen LogP contribution >= 0.6 is 0 Å². The van der Waals surface area contributed by atoms with E-state index in [1.807, 2.05) is 12.1 Å². The number of carbonyl (C=O) groups excluding carboxylic acids is 1. The van der Waals surface area contributed by atoms with Crippen LogP contribution in [-0.4, -0.2) is 43.5 Å². The van der Waals surface area contributed by atoms with E-state index in [1.165, 1.54) is 5.56 Å². The van der Waals surface area contributed by atoms with Gasteiger partial charge in [-0.25, -0.2) is 0 Å². The molecule has 0 saturated heterocycles. The summed E-state index contributed by atoms with van der Waals surface area (Å²) in [5.41, 5.74) is 2.39. The molecular weight excluding hydrogens is 250 g/mol. The van der Waals surface area contributed by atoms with Crippen LogP contribution in [0.2, 0.25) is 0 Å². The highest BCUT2D eigenvalue weighted by atomic mass is 16.1. The molecule has 0 aliphatic carbocycles. The molecule has 1 aliphatic rings. The molecule has 0 spiro atoms. The van der Waals surface area contributed by atoms with E-state index < -0.39 is 0 Å². The van der Waals surface area contributed by atoms with Crippen LogP contribution in [-0.2, 0) is 11.2 Å². The predicted octanol–water partition coefficient (Wildman–Crippen LogP) is 1.73. The summed E-state index contributed by atoms with van der Waals surface area (Å²) in [6.45, 7) is 6.82. The largest absolute Gasteiger partial charge is 0.382 e.